The number of rotatable bonds is 26. The van der Waals surface area contributed by atoms with Crippen molar-refractivity contribution in [1.29, 1.82) is 0 Å². The van der Waals surface area contributed by atoms with Gasteiger partial charge in [0, 0.05) is 32.0 Å². The number of ketones is 1. The molecule has 0 bridgehead atoms. The summed E-state index contributed by atoms with van der Waals surface area (Å²) in [5, 5.41) is 2.87. The lowest BCUT2D eigenvalue weighted by molar-refractivity contribution is -0.142. The fourth-order valence-corrected chi connectivity index (χ4v) is 5.61. The number of benzene rings is 2. The van der Waals surface area contributed by atoms with Gasteiger partial charge in [-0.1, -0.05) is 87.4 Å². The van der Waals surface area contributed by atoms with Gasteiger partial charge in [-0.3, -0.25) is 9.59 Å². The summed E-state index contributed by atoms with van der Waals surface area (Å²) in [4.78, 5) is 37.4. The minimum atomic E-state index is -0.549. The molecule has 258 valence electrons. The number of ether oxygens (including phenoxy) is 5. The maximum atomic E-state index is 13.1. The molecule has 0 aromatic heterocycles. The Morgan fingerprint density at radius 3 is 1.91 bits per heavy atom. The van der Waals surface area contributed by atoms with E-state index in [2.05, 4.69) is 43.1 Å². The molecule has 0 fully saturated rings. The van der Waals surface area contributed by atoms with Crippen molar-refractivity contribution in [3.05, 3.63) is 72.3 Å². The van der Waals surface area contributed by atoms with E-state index in [-0.39, 0.29) is 30.9 Å². The predicted octanol–water partition coefficient (Wildman–Crippen LogP) is 7.16. The Morgan fingerprint density at radius 2 is 1.32 bits per heavy atom. The van der Waals surface area contributed by atoms with Crippen molar-refractivity contribution in [3.8, 4) is 11.1 Å². The van der Waals surface area contributed by atoms with Crippen molar-refractivity contribution in [3.63, 3.8) is 0 Å². The van der Waals surface area contributed by atoms with E-state index in [0.717, 1.165) is 49.7 Å². The first kappa shape index (κ1) is 37.9. The van der Waals surface area contributed by atoms with Crippen LogP contribution in [0.15, 0.2) is 61.2 Å². The molecule has 1 atom stereocenters. The van der Waals surface area contributed by atoms with Crippen LogP contribution in [0.4, 0.5) is 4.79 Å². The number of hydrogen-bond acceptors (Lipinski definition) is 8. The number of carbonyl (C=O) groups is 3. The van der Waals surface area contributed by atoms with Crippen LogP contribution in [-0.2, 0) is 33.3 Å². The van der Waals surface area contributed by atoms with Gasteiger partial charge in [-0.2, -0.15) is 0 Å². The highest BCUT2D eigenvalue weighted by molar-refractivity contribution is 5.87. The molecule has 0 unspecified atom stereocenters. The molecule has 2 aromatic carbocycles. The van der Waals surface area contributed by atoms with Crippen LogP contribution >= 0.6 is 0 Å². The average molecular weight is 652 g/mol. The van der Waals surface area contributed by atoms with Crippen molar-refractivity contribution in [2.45, 2.75) is 83.1 Å². The zero-order valence-electron chi connectivity index (χ0n) is 28.1. The molecule has 2 aromatic rings. The van der Waals surface area contributed by atoms with E-state index in [1.165, 1.54) is 11.1 Å². The Balaban J connectivity index is 1.25. The summed E-state index contributed by atoms with van der Waals surface area (Å²) in [7, 11) is 0. The summed E-state index contributed by atoms with van der Waals surface area (Å²) in [6, 6.07) is 15.9. The Kier molecular flexibility index (Phi) is 18.5. The third-order valence-corrected chi connectivity index (χ3v) is 8.11. The molecular weight excluding hydrogens is 598 g/mol. The van der Waals surface area contributed by atoms with Gasteiger partial charge in [-0.05, 0) is 54.4 Å². The van der Waals surface area contributed by atoms with Gasteiger partial charge in [0.25, 0.3) is 0 Å². The molecule has 1 aliphatic rings. The fourth-order valence-electron chi connectivity index (χ4n) is 5.61. The van der Waals surface area contributed by atoms with Crippen LogP contribution in [0, 0.1) is 0 Å². The van der Waals surface area contributed by atoms with Crippen molar-refractivity contribution < 1.29 is 38.1 Å². The second-order valence-corrected chi connectivity index (χ2v) is 11.7. The lowest BCUT2D eigenvalue weighted by Crippen LogP contribution is -2.41. The van der Waals surface area contributed by atoms with E-state index in [9.17, 15) is 14.4 Å². The predicted molar refractivity (Wildman–Crippen MR) is 182 cm³/mol. The lowest BCUT2D eigenvalue weighted by Gasteiger charge is -2.19. The molecule has 0 saturated heterocycles. The molecule has 0 saturated carbocycles. The lowest BCUT2D eigenvalue weighted by atomic mass is 9.98. The molecule has 9 heteroatoms. The van der Waals surface area contributed by atoms with Crippen LogP contribution in [0.5, 0.6) is 0 Å². The van der Waals surface area contributed by atoms with Gasteiger partial charge in [0.2, 0.25) is 0 Å². The SMILES string of the molecule is C=CCOC(=O)CCCCOCCOCCOCCCCC(=O)[C@H](CCCCC)NC(=O)OCC1c2ccccc2-c2ccccc21. The number of esters is 1. The number of hydrogen-bond donors (Lipinski definition) is 1. The highest BCUT2D eigenvalue weighted by Crippen LogP contribution is 2.44. The van der Waals surface area contributed by atoms with Crippen molar-refractivity contribution in [2.24, 2.45) is 0 Å². The number of fused-ring (bicyclic) bond motifs is 3. The van der Waals surface area contributed by atoms with Crippen LogP contribution < -0.4 is 5.32 Å². The van der Waals surface area contributed by atoms with E-state index >= 15 is 0 Å². The van der Waals surface area contributed by atoms with E-state index in [1.54, 1.807) is 6.08 Å². The minimum absolute atomic E-state index is 0.0242. The van der Waals surface area contributed by atoms with Crippen LogP contribution in [0.2, 0.25) is 0 Å². The number of nitrogens with one attached hydrogen (secondary N) is 1. The Labute approximate surface area is 280 Å². The van der Waals surface area contributed by atoms with Gasteiger partial charge in [-0.25, -0.2) is 4.79 Å². The first-order valence-corrected chi connectivity index (χ1v) is 17.2. The van der Waals surface area contributed by atoms with Gasteiger partial charge >= 0.3 is 12.1 Å². The second kappa shape index (κ2) is 22.9. The Morgan fingerprint density at radius 1 is 0.745 bits per heavy atom. The smallest absolute Gasteiger partial charge is 0.407 e. The number of Topliss-reactive ketones (excluding diaryl/α,β-unsaturated/α-hetero) is 1. The molecular formula is C38H53NO8. The standard InChI is InChI=1S/C38H53NO8/c1-3-5-6-19-35(39-38(42)47-29-34-32-17-9-7-15-30(32)31-16-8-10-18-33(31)34)36(40)20-11-13-23-43-25-27-45-28-26-44-24-14-12-21-37(41)46-22-4-2/h4,7-10,15-18,34-35H,2-3,5-6,11-14,19-29H2,1H3,(H,39,42)/t35-/m0/s1. The molecule has 47 heavy (non-hydrogen) atoms. The second-order valence-electron chi connectivity index (χ2n) is 11.7. The molecule has 0 radical (unpaired) electrons. The minimum Gasteiger partial charge on any atom is -0.461 e. The van der Waals surface area contributed by atoms with Gasteiger partial charge in [0.15, 0.2) is 5.78 Å². The molecule has 1 aliphatic carbocycles. The topological polar surface area (TPSA) is 109 Å². The van der Waals surface area contributed by atoms with Gasteiger partial charge in [-0.15, -0.1) is 0 Å². The van der Waals surface area contributed by atoms with E-state index in [4.69, 9.17) is 23.7 Å². The molecule has 9 nitrogen and oxygen atoms in total. The number of alkyl carbamates (subject to hydrolysis) is 1. The maximum Gasteiger partial charge on any atom is 0.407 e. The number of unbranched alkanes of at least 4 members (excludes halogenated alkanes) is 4. The third-order valence-electron chi connectivity index (χ3n) is 8.11. The van der Waals surface area contributed by atoms with Crippen LogP contribution in [0.25, 0.3) is 11.1 Å². The highest BCUT2D eigenvalue weighted by atomic mass is 16.6. The fraction of sp³-hybridized carbons (Fsp3) is 0.553. The molecule has 1 amide bonds. The number of amides is 1. The van der Waals surface area contributed by atoms with Crippen molar-refractivity contribution >= 4 is 17.8 Å². The van der Waals surface area contributed by atoms with E-state index in [0.29, 0.717) is 65.3 Å². The first-order chi connectivity index (χ1) is 23.0. The summed E-state index contributed by atoms with van der Waals surface area (Å²) in [6.45, 7) is 9.15. The molecule has 3 rings (SSSR count). The van der Waals surface area contributed by atoms with Crippen LogP contribution in [0.3, 0.4) is 0 Å². The number of carbonyl (C=O) groups excluding carboxylic acids is 3. The quantitative estimate of drug-likeness (QED) is 0.0648. The van der Waals surface area contributed by atoms with Gasteiger partial charge < -0.3 is 29.0 Å². The molecule has 0 heterocycles. The maximum absolute atomic E-state index is 13.1. The zero-order valence-corrected chi connectivity index (χ0v) is 28.1. The highest BCUT2D eigenvalue weighted by Gasteiger charge is 2.29. The monoisotopic (exact) mass is 651 g/mol. The summed E-state index contributed by atoms with van der Waals surface area (Å²) in [5.41, 5.74) is 4.67. The van der Waals surface area contributed by atoms with Gasteiger partial charge in [0.05, 0.1) is 32.5 Å². The average Bonchev–Trinajstić information content (AvgIpc) is 3.41. The molecule has 1 N–H and O–H groups in total. The summed E-state index contributed by atoms with van der Waals surface area (Å²) >= 11 is 0. The normalized spacial score (nSPS) is 12.6. The molecule has 0 spiro atoms. The zero-order chi connectivity index (χ0) is 33.5. The van der Waals surface area contributed by atoms with Crippen molar-refractivity contribution in [1.82, 2.24) is 5.32 Å². The van der Waals surface area contributed by atoms with Gasteiger partial charge in [0.1, 0.15) is 13.2 Å². The largest absolute Gasteiger partial charge is 0.461 e. The Hall–Kier alpha value is -3.53. The van der Waals surface area contributed by atoms with E-state index < -0.39 is 12.1 Å². The summed E-state index contributed by atoms with van der Waals surface area (Å²) < 4.78 is 27.3. The summed E-state index contributed by atoms with van der Waals surface area (Å²) in [6.07, 6.45) is 8.27. The van der Waals surface area contributed by atoms with Crippen LogP contribution in [0.1, 0.15) is 88.2 Å². The Bertz CT molecular complexity index is 1190. The first-order valence-electron chi connectivity index (χ1n) is 17.2. The van der Waals surface area contributed by atoms with E-state index in [1.807, 2.05) is 24.3 Å². The molecule has 0 aliphatic heterocycles. The summed E-state index contributed by atoms with van der Waals surface area (Å²) in [5.74, 6) is -0.205. The van der Waals surface area contributed by atoms with Crippen LogP contribution in [-0.4, -0.2) is 76.7 Å². The third kappa shape index (κ3) is 14.0. The van der Waals surface area contributed by atoms with Crippen molar-refractivity contribution in [2.75, 3.05) is 52.9 Å².